The Morgan fingerprint density at radius 3 is 2.11 bits per heavy atom. The standard InChI is InChI=1S/C12H7ClN2O3/c13-7-1-3-9-11(5-7)15(18)12-6-8(16)2-4-10(12)14(9)17/h1-6,16H. The van der Waals surface area contributed by atoms with Gasteiger partial charge < -0.3 is 15.5 Å². The summed E-state index contributed by atoms with van der Waals surface area (Å²) in [5, 5.41) is 34.0. The Hall–Kier alpha value is -2.27. The number of fused-ring (bicyclic) bond motifs is 2. The molecular formula is C12H7ClN2O3. The Kier molecular flexibility index (Phi) is 2.18. The second-order valence-corrected chi connectivity index (χ2v) is 4.33. The van der Waals surface area contributed by atoms with E-state index in [4.69, 9.17) is 11.6 Å². The third kappa shape index (κ3) is 1.41. The van der Waals surface area contributed by atoms with Crippen molar-refractivity contribution in [2.45, 2.75) is 0 Å². The number of hydrogen-bond donors (Lipinski definition) is 1. The van der Waals surface area contributed by atoms with Crippen LogP contribution >= 0.6 is 11.6 Å². The van der Waals surface area contributed by atoms with Gasteiger partial charge in [-0.2, -0.15) is 9.46 Å². The predicted octanol–water partition coefficient (Wildman–Crippen LogP) is 1.62. The molecule has 1 N–H and O–H groups in total. The summed E-state index contributed by atoms with van der Waals surface area (Å²) >= 11 is 5.81. The molecule has 3 rings (SSSR count). The van der Waals surface area contributed by atoms with Gasteiger partial charge in [-0.05, 0) is 12.1 Å². The van der Waals surface area contributed by atoms with E-state index in [1.54, 1.807) is 6.07 Å². The van der Waals surface area contributed by atoms with Crippen molar-refractivity contribution in [1.29, 1.82) is 0 Å². The van der Waals surface area contributed by atoms with E-state index in [2.05, 4.69) is 0 Å². The number of aromatic hydroxyl groups is 1. The summed E-state index contributed by atoms with van der Waals surface area (Å²) < 4.78 is 1.24. The molecule has 0 bridgehead atoms. The third-order valence-electron chi connectivity index (χ3n) is 2.77. The van der Waals surface area contributed by atoms with Crippen LogP contribution < -0.4 is 9.46 Å². The molecule has 0 saturated carbocycles. The Bertz CT molecular complexity index is 726. The second-order valence-electron chi connectivity index (χ2n) is 3.89. The van der Waals surface area contributed by atoms with Crippen molar-refractivity contribution < 1.29 is 14.6 Å². The summed E-state index contributed by atoms with van der Waals surface area (Å²) in [5.41, 5.74) is 0.681. The van der Waals surface area contributed by atoms with Gasteiger partial charge in [0, 0.05) is 23.2 Å². The van der Waals surface area contributed by atoms with E-state index < -0.39 is 0 Å². The van der Waals surface area contributed by atoms with Gasteiger partial charge in [-0.15, -0.1) is 0 Å². The van der Waals surface area contributed by atoms with E-state index in [-0.39, 0.29) is 27.8 Å². The van der Waals surface area contributed by atoms with E-state index in [1.807, 2.05) is 0 Å². The van der Waals surface area contributed by atoms with Crippen molar-refractivity contribution in [2.24, 2.45) is 0 Å². The number of hydrogen-bond acceptors (Lipinski definition) is 3. The zero-order chi connectivity index (χ0) is 12.9. The summed E-state index contributed by atoms with van der Waals surface area (Å²) in [5.74, 6) is -0.0755. The smallest absolute Gasteiger partial charge is 0.294 e. The van der Waals surface area contributed by atoms with E-state index in [0.717, 1.165) is 0 Å². The van der Waals surface area contributed by atoms with Crippen LogP contribution in [0.4, 0.5) is 0 Å². The van der Waals surface area contributed by atoms with Crippen LogP contribution in [-0.2, 0) is 0 Å². The molecule has 5 nitrogen and oxygen atoms in total. The number of phenols is 1. The number of rotatable bonds is 0. The normalized spacial score (nSPS) is 11.2. The van der Waals surface area contributed by atoms with Gasteiger partial charge in [0.15, 0.2) is 0 Å². The molecule has 0 aliphatic rings. The van der Waals surface area contributed by atoms with E-state index >= 15 is 0 Å². The lowest BCUT2D eigenvalue weighted by atomic mass is 10.2. The lowest BCUT2D eigenvalue weighted by Crippen LogP contribution is -2.39. The minimum absolute atomic E-state index is 0.0755. The van der Waals surface area contributed by atoms with Gasteiger partial charge in [0.05, 0.1) is 6.07 Å². The highest BCUT2D eigenvalue weighted by Crippen LogP contribution is 2.19. The first-order valence-electron chi connectivity index (χ1n) is 5.15. The first kappa shape index (κ1) is 10.9. The SMILES string of the molecule is [O-][n+]1c2ccc(O)cc2[n+]([O-])c2cc(Cl)ccc21. The van der Waals surface area contributed by atoms with Crippen molar-refractivity contribution in [3.05, 3.63) is 51.8 Å². The Labute approximate surface area is 106 Å². The zero-order valence-corrected chi connectivity index (χ0v) is 9.76. The Balaban J connectivity index is 2.61. The molecule has 0 radical (unpaired) electrons. The summed E-state index contributed by atoms with van der Waals surface area (Å²) in [6, 6.07) is 8.47. The number of benzene rings is 2. The number of nitrogens with zero attached hydrogens (tertiary/aromatic N) is 2. The van der Waals surface area contributed by atoms with Gasteiger partial charge in [-0.1, -0.05) is 11.6 Å². The maximum absolute atomic E-state index is 12.1. The molecule has 1 aromatic heterocycles. The van der Waals surface area contributed by atoms with Crippen LogP contribution in [0.2, 0.25) is 5.02 Å². The Morgan fingerprint density at radius 1 is 0.833 bits per heavy atom. The van der Waals surface area contributed by atoms with Crippen molar-refractivity contribution >= 4 is 33.7 Å². The molecular weight excluding hydrogens is 256 g/mol. The quantitative estimate of drug-likeness (QED) is 0.380. The highest BCUT2D eigenvalue weighted by molar-refractivity contribution is 6.31. The summed E-state index contributed by atoms with van der Waals surface area (Å²) in [4.78, 5) is 0. The van der Waals surface area contributed by atoms with Gasteiger partial charge >= 0.3 is 0 Å². The van der Waals surface area contributed by atoms with Crippen molar-refractivity contribution in [3.63, 3.8) is 0 Å². The molecule has 0 spiro atoms. The van der Waals surface area contributed by atoms with Crippen molar-refractivity contribution in [1.82, 2.24) is 0 Å². The van der Waals surface area contributed by atoms with Crippen molar-refractivity contribution in [2.75, 3.05) is 0 Å². The van der Waals surface area contributed by atoms with Gasteiger partial charge in [0.1, 0.15) is 5.75 Å². The topological polar surface area (TPSA) is 74.1 Å². The zero-order valence-electron chi connectivity index (χ0n) is 9.00. The molecule has 0 aliphatic heterocycles. The average molecular weight is 263 g/mol. The molecule has 90 valence electrons. The van der Waals surface area contributed by atoms with Crippen LogP contribution in [0.15, 0.2) is 36.4 Å². The first-order chi connectivity index (χ1) is 8.58. The molecule has 0 amide bonds. The Morgan fingerprint density at radius 2 is 1.39 bits per heavy atom. The van der Waals surface area contributed by atoms with E-state index in [0.29, 0.717) is 14.5 Å². The van der Waals surface area contributed by atoms with Gasteiger partial charge in [0.25, 0.3) is 22.1 Å². The van der Waals surface area contributed by atoms with Crippen molar-refractivity contribution in [3.8, 4) is 5.75 Å². The molecule has 6 heteroatoms. The fourth-order valence-corrected chi connectivity index (χ4v) is 2.10. The predicted molar refractivity (Wildman–Crippen MR) is 66.0 cm³/mol. The molecule has 2 aromatic carbocycles. The van der Waals surface area contributed by atoms with E-state index in [1.165, 1.54) is 30.3 Å². The largest absolute Gasteiger partial charge is 0.617 e. The van der Waals surface area contributed by atoms with Crippen LogP contribution in [0, 0.1) is 10.4 Å². The van der Waals surface area contributed by atoms with Crippen LogP contribution in [0.5, 0.6) is 5.75 Å². The molecule has 0 aliphatic carbocycles. The van der Waals surface area contributed by atoms with Gasteiger partial charge in [-0.3, -0.25) is 0 Å². The fourth-order valence-electron chi connectivity index (χ4n) is 1.94. The molecule has 0 fully saturated rings. The summed E-state index contributed by atoms with van der Waals surface area (Å²) in [7, 11) is 0. The maximum Gasteiger partial charge on any atom is 0.294 e. The van der Waals surface area contributed by atoms with Crippen LogP contribution in [0.25, 0.3) is 22.1 Å². The molecule has 1 heterocycles. The van der Waals surface area contributed by atoms with Crippen LogP contribution in [0.3, 0.4) is 0 Å². The number of halogens is 1. The minimum Gasteiger partial charge on any atom is -0.617 e. The highest BCUT2D eigenvalue weighted by Gasteiger charge is 2.21. The average Bonchev–Trinajstić information content (AvgIpc) is 2.35. The summed E-state index contributed by atoms with van der Waals surface area (Å²) in [6.07, 6.45) is 0. The molecule has 0 saturated heterocycles. The number of phenolic OH excluding ortho intramolecular Hbond substituents is 1. The monoisotopic (exact) mass is 262 g/mol. The highest BCUT2D eigenvalue weighted by atomic mass is 35.5. The maximum atomic E-state index is 12.1. The fraction of sp³-hybridized carbons (Fsp3) is 0. The second kappa shape index (κ2) is 3.61. The minimum atomic E-state index is -0.0755. The van der Waals surface area contributed by atoms with E-state index in [9.17, 15) is 15.5 Å². The first-order valence-corrected chi connectivity index (χ1v) is 5.53. The van der Waals surface area contributed by atoms with Gasteiger partial charge in [0.2, 0.25) is 0 Å². The molecule has 0 atom stereocenters. The summed E-state index contributed by atoms with van der Waals surface area (Å²) in [6.45, 7) is 0. The van der Waals surface area contributed by atoms with Crippen LogP contribution in [0.1, 0.15) is 0 Å². The number of aromatic nitrogens is 2. The molecule has 18 heavy (non-hydrogen) atoms. The van der Waals surface area contributed by atoms with Gasteiger partial charge in [-0.25, -0.2) is 0 Å². The lowest BCUT2D eigenvalue weighted by molar-refractivity contribution is -0.591. The molecule has 0 unspecified atom stereocenters. The third-order valence-corrected chi connectivity index (χ3v) is 3.01. The van der Waals surface area contributed by atoms with Crippen LogP contribution in [-0.4, -0.2) is 5.11 Å². The molecule has 3 aromatic rings. The lowest BCUT2D eigenvalue weighted by Gasteiger charge is -2.07.